The van der Waals surface area contributed by atoms with Gasteiger partial charge in [-0.3, -0.25) is 0 Å². The fraction of sp³-hybridized carbons (Fsp3) is 0.333. The molecule has 0 radical (unpaired) electrons. The molecule has 0 atom stereocenters. The minimum Gasteiger partial charge on any atom is -0.434 e. The number of carbonyl (C=O) groups is 1. The molecule has 1 aromatic heterocycles. The maximum Gasteiger partial charge on any atom is 0.360 e. The van der Waals surface area contributed by atoms with Crippen molar-refractivity contribution in [1.82, 2.24) is 9.78 Å². The zero-order valence-electron chi connectivity index (χ0n) is 11.6. The molecule has 1 aliphatic carbocycles. The predicted molar refractivity (Wildman–Crippen MR) is 76.9 cm³/mol. The zero-order chi connectivity index (χ0) is 14.7. The molecule has 3 rings (SSSR count). The maximum atomic E-state index is 11.8. The Kier molecular flexibility index (Phi) is 3.87. The molecule has 6 nitrogen and oxygen atoms in total. The Morgan fingerprint density at radius 1 is 1.33 bits per heavy atom. The van der Waals surface area contributed by atoms with Crippen LogP contribution in [-0.4, -0.2) is 29.1 Å². The summed E-state index contributed by atoms with van der Waals surface area (Å²) in [4.78, 5) is 11.8. The van der Waals surface area contributed by atoms with Gasteiger partial charge in [0.15, 0.2) is 12.5 Å². The van der Waals surface area contributed by atoms with Gasteiger partial charge in [-0.2, -0.15) is 5.10 Å². The van der Waals surface area contributed by atoms with Crippen molar-refractivity contribution in [2.75, 3.05) is 19.1 Å². The summed E-state index contributed by atoms with van der Waals surface area (Å²) in [5.74, 6) is 0.142. The minimum absolute atomic E-state index is 0.0321. The summed E-state index contributed by atoms with van der Waals surface area (Å²) in [6, 6.07) is 8.90. The molecule has 1 saturated carbocycles. The smallest absolute Gasteiger partial charge is 0.360 e. The van der Waals surface area contributed by atoms with E-state index in [2.05, 4.69) is 5.10 Å². The van der Waals surface area contributed by atoms with Gasteiger partial charge in [-0.1, -0.05) is 12.1 Å². The van der Waals surface area contributed by atoms with Gasteiger partial charge in [-0.15, -0.1) is 0 Å². The Balaban J connectivity index is 1.58. The van der Waals surface area contributed by atoms with Gasteiger partial charge in [0.2, 0.25) is 0 Å². The number of aromatic nitrogens is 2. The summed E-state index contributed by atoms with van der Waals surface area (Å²) in [5, 5.41) is 4.17. The SMILES string of the molecule is Nc1ccccc1-n1ccc(C(=O)OCOCC2CC2)n1. The van der Waals surface area contributed by atoms with Crippen molar-refractivity contribution >= 4 is 11.7 Å². The highest BCUT2D eigenvalue weighted by atomic mass is 16.7. The summed E-state index contributed by atoms with van der Waals surface area (Å²) >= 11 is 0. The molecule has 0 amide bonds. The molecule has 1 fully saturated rings. The summed E-state index contributed by atoms with van der Waals surface area (Å²) in [6.07, 6.45) is 4.08. The lowest BCUT2D eigenvalue weighted by atomic mass is 10.3. The normalized spacial score (nSPS) is 14.1. The van der Waals surface area contributed by atoms with Crippen molar-refractivity contribution in [3.05, 3.63) is 42.2 Å². The van der Waals surface area contributed by atoms with Gasteiger partial charge >= 0.3 is 5.97 Å². The fourth-order valence-corrected chi connectivity index (χ4v) is 1.93. The molecule has 1 aliphatic rings. The minimum atomic E-state index is -0.501. The third-order valence-corrected chi connectivity index (χ3v) is 3.31. The van der Waals surface area contributed by atoms with Crippen molar-refractivity contribution in [3.63, 3.8) is 0 Å². The van der Waals surface area contributed by atoms with Gasteiger partial charge < -0.3 is 15.2 Å². The average molecular weight is 287 g/mol. The van der Waals surface area contributed by atoms with Crippen LogP contribution in [0.15, 0.2) is 36.5 Å². The van der Waals surface area contributed by atoms with Crippen LogP contribution in [-0.2, 0) is 9.47 Å². The van der Waals surface area contributed by atoms with E-state index < -0.39 is 5.97 Å². The van der Waals surface area contributed by atoms with Crippen LogP contribution >= 0.6 is 0 Å². The molecule has 110 valence electrons. The summed E-state index contributed by atoms with van der Waals surface area (Å²) in [5.41, 5.74) is 7.42. The molecular weight excluding hydrogens is 270 g/mol. The second kappa shape index (κ2) is 5.97. The first-order chi connectivity index (χ1) is 10.2. The van der Waals surface area contributed by atoms with E-state index in [0.29, 0.717) is 18.2 Å². The maximum absolute atomic E-state index is 11.8. The number of esters is 1. The second-order valence-corrected chi connectivity index (χ2v) is 5.07. The number of benzene rings is 1. The molecular formula is C15H17N3O3. The molecule has 0 unspecified atom stereocenters. The number of nitrogen functional groups attached to an aromatic ring is 1. The number of ether oxygens (including phenoxy) is 2. The standard InChI is InChI=1S/C15H17N3O3/c16-12-3-1-2-4-14(12)18-8-7-13(17-18)15(19)21-10-20-9-11-5-6-11/h1-4,7-8,11H,5-6,9-10,16H2. The lowest BCUT2D eigenvalue weighted by Crippen LogP contribution is -2.11. The highest BCUT2D eigenvalue weighted by Crippen LogP contribution is 2.28. The van der Waals surface area contributed by atoms with E-state index in [4.69, 9.17) is 15.2 Å². The number of carbonyl (C=O) groups excluding carboxylic acids is 1. The van der Waals surface area contributed by atoms with E-state index in [0.717, 1.165) is 5.69 Å². The van der Waals surface area contributed by atoms with Crippen LogP contribution in [0.3, 0.4) is 0 Å². The highest BCUT2D eigenvalue weighted by molar-refractivity contribution is 5.87. The molecule has 0 bridgehead atoms. The topological polar surface area (TPSA) is 79.4 Å². The number of nitrogens with two attached hydrogens (primary N) is 1. The first-order valence-corrected chi connectivity index (χ1v) is 6.89. The van der Waals surface area contributed by atoms with Crippen LogP contribution < -0.4 is 5.73 Å². The van der Waals surface area contributed by atoms with Crippen LogP contribution in [0.1, 0.15) is 23.3 Å². The molecule has 2 N–H and O–H groups in total. The van der Waals surface area contributed by atoms with Gasteiger partial charge in [-0.25, -0.2) is 9.48 Å². The van der Waals surface area contributed by atoms with Crippen molar-refractivity contribution in [2.45, 2.75) is 12.8 Å². The number of anilines is 1. The van der Waals surface area contributed by atoms with Gasteiger partial charge in [0.05, 0.1) is 18.0 Å². The van der Waals surface area contributed by atoms with Crippen LogP contribution in [0.4, 0.5) is 5.69 Å². The Hall–Kier alpha value is -2.34. The number of rotatable bonds is 6. The largest absolute Gasteiger partial charge is 0.434 e. The molecule has 2 aromatic rings. The van der Waals surface area contributed by atoms with Crippen LogP contribution in [0.25, 0.3) is 5.69 Å². The number of hydrogen-bond acceptors (Lipinski definition) is 5. The zero-order valence-corrected chi connectivity index (χ0v) is 11.6. The monoisotopic (exact) mass is 287 g/mol. The molecule has 21 heavy (non-hydrogen) atoms. The van der Waals surface area contributed by atoms with Crippen molar-refractivity contribution in [1.29, 1.82) is 0 Å². The summed E-state index contributed by atoms with van der Waals surface area (Å²) in [6.45, 7) is 0.623. The van der Waals surface area contributed by atoms with Gasteiger partial charge in [0, 0.05) is 6.20 Å². The first kappa shape index (κ1) is 13.6. The summed E-state index contributed by atoms with van der Waals surface area (Å²) < 4.78 is 11.8. The van der Waals surface area contributed by atoms with E-state index in [9.17, 15) is 4.79 Å². The van der Waals surface area contributed by atoms with E-state index in [1.165, 1.54) is 12.8 Å². The van der Waals surface area contributed by atoms with Crippen LogP contribution in [0.5, 0.6) is 0 Å². The van der Waals surface area contributed by atoms with Crippen molar-refractivity contribution < 1.29 is 14.3 Å². The quantitative estimate of drug-likeness (QED) is 0.380. The van der Waals surface area contributed by atoms with Crippen LogP contribution in [0.2, 0.25) is 0 Å². The lowest BCUT2D eigenvalue weighted by molar-refractivity contribution is -0.0349. The van der Waals surface area contributed by atoms with E-state index >= 15 is 0 Å². The number of nitrogens with zero attached hydrogens (tertiary/aromatic N) is 2. The third kappa shape index (κ3) is 3.41. The van der Waals surface area contributed by atoms with E-state index in [1.54, 1.807) is 23.0 Å². The summed E-state index contributed by atoms with van der Waals surface area (Å²) in [7, 11) is 0. The van der Waals surface area contributed by atoms with Gasteiger partial charge in [0.1, 0.15) is 0 Å². The molecule has 0 saturated heterocycles. The fourth-order valence-electron chi connectivity index (χ4n) is 1.93. The number of para-hydroxylation sites is 2. The van der Waals surface area contributed by atoms with Gasteiger partial charge in [-0.05, 0) is 37.0 Å². The molecule has 1 aromatic carbocycles. The van der Waals surface area contributed by atoms with Gasteiger partial charge in [0.25, 0.3) is 0 Å². The highest BCUT2D eigenvalue weighted by Gasteiger charge is 2.21. The molecule has 0 spiro atoms. The Morgan fingerprint density at radius 3 is 2.90 bits per heavy atom. The Morgan fingerprint density at radius 2 is 2.14 bits per heavy atom. The molecule has 1 heterocycles. The Labute approximate surface area is 122 Å². The van der Waals surface area contributed by atoms with E-state index in [-0.39, 0.29) is 12.5 Å². The van der Waals surface area contributed by atoms with E-state index in [1.807, 2.05) is 18.2 Å². The average Bonchev–Trinajstić information content (AvgIpc) is 3.18. The second-order valence-electron chi connectivity index (χ2n) is 5.07. The van der Waals surface area contributed by atoms with Crippen molar-refractivity contribution in [3.8, 4) is 5.69 Å². The van der Waals surface area contributed by atoms with Crippen LogP contribution in [0, 0.1) is 5.92 Å². The molecule has 6 heteroatoms. The van der Waals surface area contributed by atoms with Crippen molar-refractivity contribution in [2.24, 2.45) is 5.92 Å². The Bertz CT molecular complexity index is 635. The number of hydrogen-bond donors (Lipinski definition) is 1. The third-order valence-electron chi connectivity index (χ3n) is 3.31. The molecule has 0 aliphatic heterocycles. The lowest BCUT2D eigenvalue weighted by Gasteiger charge is -2.05. The predicted octanol–water partition coefficient (Wildman–Crippen LogP) is 2.00. The first-order valence-electron chi connectivity index (χ1n) is 6.89.